The van der Waals surface area contributed by atoms with Gasteiger partial charge < -0.3 is 5.32 Å². The summed E-state index contributed by atoms with van der Waals surface area (Å²) in [5.74, 6) is 0.0516. The summed E-state index contributed by atoms with van der Waals surface area (Å²) in [4.78, 5) is 18.0. The molecule has 26 heavy (non-hydrogen) atoms. The first kappa shape index (κ1) is 18.6. The monoisotopic (exact) mass is 384 g/mol. The van der Waals surface area contributed by atoms with E-state index >= 15 is 0 Å². The Labute approximate surface area is 163 Å². The molecule has 0 fully saturated rings. The van der Waals surface area contributed by atoms with Crippen molar-refractivity contribution in [2.24, 2.45) is 0 Å². The Morgan fingerprint density at radius 3 is 2.65 bits per heavy atom. The lowest BCUT2D eigenvalue weighted by atomic mass is 10.1. The van der Waals surface area contributed by atoms with E-state index in [0.717, 1.165) is 33.3 Å². The number of carbonyl (C=O) groups is 1. The second-order valence-corrected chi connectivity index (χ2v) is 7.82. The van der Waals surface area contributed by atoms with Crippen molar-refractivity contribution in [3.63, 3.8) is 0 Å². The Morgan fingerprint density at radius 1 is 1.15 bits per heavy atom. The van der Waals surface area contributed by atoms with Crippen LogP contribution in [0, 0.1) is 13.8 Å². The molecule has 0 bridgehead atoms. The molecule has 0 saturated carbocycles. The van der Waals surface area contributed by atoms with Gasteiger partial charge in [0.2, 0.25) is 5.91 Å². The lowest BCUT2D eigenvalue weighted by Crippen LogP contribution is -2.27. The zero-order valence-electron chi connectivity index (χ0n) is 14.9. The fourth-order valence-electron chi connectivity index (χ4n) is 2.76. The minimum atomic E-state index is 0.0516. The maximum atomic E-state index is 12.1. The molecule has 0 unspecified atom stereocenters. The molecule has 2 aromatic carbocycles. The minimum absolute atomic E-state index is 0.0516. The summed E-state index contributed by atoms with van der Waals surface area (Å²) in [6.07, 6.45) is 1.20. The van der Waals surface area contributed by atoms with Crippen molar-refractivity contribution in [3.8, 4) is 10.6 Å². The number of aromatic nitrogens is 1. The van der Waals surface area contributed by atoms with Crippen LogP contribution in [-0.2, 0) is 17.6 Å². The van der Waals surface area contributed by atoms with Gasteiger partial charge in [-0.1, -0.05) is 53.6 Å². The fraction of sp³-hybridized carbons (Fsp3) is 0.238. The summed E-state index contributed by atoms with van der Waals surface area (Å²) in [7, 11) is 0. The van der Waals surface area contributed by atoms with E-state index in [-0.39, 0.29) is 5.91 Å². The largest absolute Gasteiger partial charge is 0.355 e. The average molecular weight is 385 g/mol. The molecule has 3 rings (SSSR count). The number of halogens is 1. The van der Waals surface area contributed by atoms with Gasteiger partial charge in [0.25, 0.3) is 0 Å². The molecule has 0 aliphatic rings. The van der Waals surface area contributed by atoms with Gasteiger partial charge in [0, 0.05) is 28.4 Å². The standard InChI is InChI=1S/C21H21ClN2OS/c1-14-4-3-5-16(12-14)13-20(25)23-11-10-19-15(2)24-21(26-19)17-6-8-18(22)9-7-17/h3-9,12H,10-11,13H2,1-2H3,(H,23,25). The van der Waals surface area contributed by atoms with Crippen molar-refractivity contribution in [2.75, 3.05) is 6.54 Å². The minimum Gasteiger partial charge on any atom is -0.355 e. The first-order chi connectivity index (χ1) is 12.5. The van der Waals surface area contributed by atoms with Crippen molar-refractivity contribution in [2.45, 2.75) is 26.7 Å². The summed E-state index contributed by atoms with van der Waals surface area (Å²) in [5, 5.41) is 4.71. The quantitative estimate of drug-likeness (QED) is 0.651. The number of nitrogens with one attached hydrogen (secondary N) is 1. The highest BCUT2D eigenvalue weighted by Gasteiger charge is 2.10. The van der Waals surface area contributed by atoms with E-state index < -0.39 is 0 Å². The zero-order chi connectivity index (χ0) is 18.5. The van der Waals surface area contributed by atoms with Gasteiger partial charge in [0.05, 0.1) is 12.1 Å². The maximum absolute atomic E-state index is 12.1. The van der Waals surface area contributed by atoms with E-state index in [9.17, 15) is 4.79 Å². The summed E-state index contributed by atoms with van der Waals surface area (Å²) in [6, 6.07) is 15.8. The zero-order valence-corrected chi connectivity index (χ0v) is 16.5. The van der Waals surface area contributed by atoms with Crippen LogP contribution >= 0.6 is 22.9 Å². The number of benzene rings is 2. The Hall–Kier alpha value is -2.17. The summed E-state index contributed by atoms with van der Waals surface area (Å²) in [5.41, 5.74) is 4.30. The van der Waals surface area contributed by atoms with Gasteiger partial charge in [-0.05, 0) is 31.5 Å². The van der Waals surface area contributed by atoms with Gasteiger partial charge in [0.15, 0.2) is 0 Å². The number of carbonyl (C=O) groups excluding carboxylic acids is 1. The summed E-state index contributed by atoms with van der Waals surface area (Å²) < 4.78 is 0. The molecule has 5 heteroatoms. The van der Waals surface area contributed by atoms with Crippen LogP contribution in [-0.4, -0.2) is 17.4 Å². The third-order valence-electron chi connectivity index (χ3n) is 4.11. The van der Waals surface area contributed by atoms with Crippen molar-refractivity contribution in [3.05, 3.63) is 75.3 Å². The molecule has 0 spiro atoms. The first-order valence-corrected chi connectivity index (χ1v) is 9.75. The third kappa shape index (κ3) is 4.93. The van der Waals surface area contributed by atoms with Crippen LogP contribution in [0.2, 0.25) is 5.02 Å². The maximum Gasteiger partial charge on any atom is 0.224 e. The molecule has 0 saturated heterocycles. The Bertz CT molecular complexity index is 903. The number of rotatable bonds is 6. The SMILES string of the molecule is Cc1cccc(CC(=O)NCCc2sc(-c3ccc(Cl)cc3)nc2C)c1. The predicted octanol–water partition coefficient (Wildman–Crippen LogP) is 4.98. The van der Waals surface area contributed by atoms with Crippen LogP contribution in [0.4, 0.5) is 0 Å². The molecule has 1 heterocycles. The number of amides is 1. The Balaban J connectivity index is 1.55. The molecule has 3 aromatic rings. The summed E-state index contributed by atoms with van der Waals surface area (Å²) in [6.45, 7) is 4.67. The molecule has 0 aliphatic heterocycles. The molecule has 0 radical (unpaired) electrons. The van der Waals surface area contributed by atoms with Gasteiger partial charge in [-0.25, -0.2) is 4.98 Å². The van der Waals surface area contributed by atoms with Gasteiger partial charge in [0.1, 0.15) is 5.01 Å². The molecule has 1 N–H and O–H groups in total. The van der Waals surface area contributed by atoms with Crippen LogP contribution in [0.15, 0.2) is 48.5 Å². The molecular weight excluding hydrogens is 364 g/mol. The highest BCUT2D eigenvalue weighted by atomic mass is 35.5. The smallest absolute Gasteiger partial charge is 0.224 e. The Kier molecular flexibility index (Phi) is 6.07. The van der Waals surface area contributed by atoms with Gasteiger partial charge >= 0.3 is 0 Å². The lowest BCUT2D eigenvalue weighted by molar-refractivity contribution is -0.120. The van der Waals surface area contributed by atoms with E-state index in [4.69, 9.17) is 11.6 Å². The number of hydrogen-bond acceptors (Lipinski definition) is 3. The van der Waals surface area contributed by atoms with E-state index in [1.807, 2.05) is 62.4 Å². The highest BCUT2D eigenvalue weighted by Crippen LogP contribution is 2.28. The predicted molar refractivity (Wildman–Crippen MR) is 109 cm³/mol. The number of nitrogens with zero attached hydrogens (tertiary/aromatic N) is 1. The second kappa shape index (κ2) is 8.47. The van der Waals surface area contributed by atoms with Crippen LogP contribution in [0.1, 0.15) is 21.7 Å². The van der Waals surface area contributed by atoms with Crippen molar-refractivity contribution >= 4 is 28.8 Å². The van der Waals surface area contributed by atoms with E-state index in [2.05, 4.69) is 10.3 Å². The number of thiazole rings is 1. The van der Waals surface area contributed by atoms with Crippen LogP contribution in [0.5, 0.6) is 0 Å². The highest BCUT2D eigenvalue weighted by molar-refractivity contribution is 7.15. The molecule has 1 amide bonds. The molecule has 0 atom stereocenters. The van der Waals surface area contributed by atoms with Crippen molar-refractivity contribution < 1.29 is 4.79 Å². The van der Waals surface area contributed by atoms with Crippen molar-refractivity contribution in [1.82, 2.24) is 10.3 Å². The van der Waals surface area contributed by atoms with Crippen molar-refractivity contribution in [1.29, 1.82) is 0 Å². The summed E-state index contributed by atoms with van der Waals surface area (Å²) >= 11 is 7.61. The van der Waals surface area contributed by atoms with Gasteiger partial charge in [-0.3, -0.25) is 4.79 Å². The van der Waals surface area contributed by atoms with E-state index in [0.29, 0.717) is 13.0 Å². The lowest BCUT2D eigenvalue weighted by Gasteiger charge is -2.05. The van der Waals surface area contributed by atoms with Crippen LogP contribution < -0.4 is 5.32 Å². The molecular formula is C21H21ClN2OS. The average Bonchev–Trinajstić information content (AvgIpc) is 2.96. The molecule has 1 aromatic heterocycles. The van der Waals surface area contributed by atoms with Gasteiger partial charge in [-0.15, -0.1) is 11.3 Å². The Morgan fingerprint density at radius 2 is 1.92 bits per heavy atom. The molecule has 134 valence electrons. The van der Waals surface area contributed by atoms with Crippen LogP contribution in [0.3, 0.4) is 0 Å². The van der Waals surface area contributed by atoms with Gasteiger partial charge in [-0.2, -0.15) is 0 Å². The fourth-order valence-corrected chi connectivity index (χ4v) is 3.95. The normalized spacial score (nSPS) is 10.7. The van der Waals surface area contributed by atoms with E-state index in [1.54, 1.807) is 11.3 Å². The van der Waals surface area contributed by atoms with E-state index in [1.165, 1.54) is 10.4 Å². The molecule has 0 aliphatic carbocycles. The first-order valence-electron chi connectivity index (χ1n) is 8.56. The number of aryl methyl sites for hydroxylation is 2. The third-order valence-corrected chi connectivity index (χ3v) is 5.62. The topological polar surface area (TPSA) is 42.0 Å². The second-order valence-electron chi connectivity index (χ2n) is 6.30. The molecule has 3 nitrogen and oxygen atoms in total. The number of hydrogen-bond donors (Lipinski definition) is 1. The van der Waals surface area contributed by atoms with Crippen LogP contribution in [0.25, 0.3) is 10.6 Å².